The summed E-state index contributed by atoms with van der Waals surface area (Å²) in [5.74, 6) is 1.42. The van der Waals surface area contributed by atoms with Crippen LogP contribution >= 0.6 is 0 Å². The number of carbonyl (C=O) groups is 1. The van der Waals surface area contributed by atoms with E-state index in [1.54, 1.807) is 13.1 Å². The molecule has 0 bridgehead atoms. The summed E-state index contributed by atoms with van der Waals surface area (Å²) in [7, 11) is 0. The van der Waals surface area contributed by atoms with E-state index in [0.29, 0.717) is 5.82 Å². The van der Waals surface area contributed by atoms with Crippen LogP contribution in [0.1, 0.15) is 43.2 Å². The molecule has 0 aromatic carbocycles. The second-order valence-corrected chi connectivity index (χ2v) is 4.11. The molecule has 0 spiro atoms. The average Bonchev–Trinajstić information content (AvgIpc) is 2.75. The number of Topliss-reactive ketones (excluding diaryl/α,β-unsaturated/α-hetero) is 1. The van der Waals surface area contributed by atoms with Gasteiger partial charge in [-0.25, -0.2) is 4.98 Å². The fourth-order valence-electron chi connectivity index (χ4n) is 2.24. The Balaban J connectivity index is 2.07. The third-order valence-corrected chi connectivity index (χ3v) is 2.96. The minimum Gasteiger partial charge on any atom is -0.328 e. The third kappa shape index (κ3) is 1.86. The monoisotopic (exact) mass is 192 g/mol. The Labute approximate surface area is 84.1 Å². The summed E-state index contributed by atoms with van der Waals surface area (Å²) in [4.78, 5) is 15.3. The zero-order valence-corrected chi connectivity index (χ0v) is 8.57. The molecule has 3 nitrogen and oxygen atoms in total. The Bertz CT molecular complexity index is 324. The maximum absolute atomic E-state index is 11.2. The number of hydrogen-bond acceptors (Lipinski definition) is 2. The predicted molar refractivity (Wildman–Crippen MR) is 54.2 cm³/mol. The third-order valence-electron chi connectivity index (χ3n) is 2.96. The molecule has 76 valence electrons. The predicted octanol–water partition coefficient (Wildman–Crippen LogP) is 2.28. The second-order valence-electron chi connectivity index (χ2n) is 4.11. The number of hydrogen-bond donors (Lipinski definition) is 0. The molecule has 1 aromatic rings. The van der Waals surface area contributed by atoms with Crippen LogP contribution in [-0.2, 0) is 6.54 Å². The van der Waals surface area contributed by atoms with E-state index in [9.17, 15) is 4.79 Å². The summed E-state index contributed by atoms with van der Waals surface area (Å²) in [6.07, 6.45) is 8.91. The van der Waals surface area contributed by atoms with Crippen LogP contribution < -0.4 is 0 Å². The minimum atomic E-state index is 0.0630. The highest BCUT2D eigenvalue weighted by Gasteiger charge is 2.17. The molecule has 1 saturated carbocycles. The highest BCUT2D eigenvalue weighted by atomic mass is 16.1. The molecular weight excluding hydrogens is 176 g/mol. The van der Waals surface area contributed by atoms with E-state index in [1.807, 2.05) is 10.8 Å². The van der Waals surface area contributed by atoms with E-state index < -0.39 is 0 Å². The van der Waals surface area contributed by atoms with Crippen LogP contribution in [0.25, 0.3) is 0 Å². The van der Waals surface area contributed by atoms with Crippen LogP contribution in [0.2, 0.25) is 0 Å². The fraction of sp³-hybridized carbons (Fsp3) is 0.636. The molecule has 0 atom stereocenters. The summed E-state index contributed by atoms with van der Waals surface area (Å²) in [6, 6.07) is 0. The molecule has 1 aromatic heterocycles. The van der Waals surface area contributed by atoms with Crippen molar-refractivity contribution in [3.63, 3.8) is 0 Å². The first-order valence-electron chi connectivity index (χ1n) is 5.29. The lowest BCUT2D eigenvalue weighted by molar-refractivity contribution is 0.0998. The van der Waals surface area contributed by atoms with E-state index in [2.05, 4.69) is 4.98 Å². The molecule has 0 unspecified atom stereocenters. The first-order valence-corrected chi connectivity index (χ1v) is 5.29. The van der Waals surface area contributed by atoms with Gasteiger partial charge in [0, 0.05) is 25.9 Å². The zero-order valence-electron chi connectivity index (χ0n) is 8.57. The lowest BCUT2D eigenvalue weighted by Gasteiger charge is -2.11. The first kappa shape index (κ1) is 9.44. The number of nitrogens with zero attached hydrogens (tertiary/aromatic N) is 2. The van der Waals surface area contributed by atoms with Crippen molar-refractivity contribution >= 4 is 5.78 Å². The Morgan fingerprint density at radius 1 is 1.57 bits per heavy atom. The zero-order chi connectivity index (χ0) is 9.97. The molecule has 2 rings (SSSR count). The lowest BCUT2D eigenvalue weighted by atomic mass is 10.1. The van der Waals surface area contributed by atoms with E-state index >= 15 is 0 Å². The topological polar surface area (TPSA) is 34.9 Å². The highest BCUT2D eigenvalue weighted by Crippen LogP contribution is 2.26. The van der Waals surface area contributed by atoms with Gasteiger partial charge >= 0.3 is 0 Å². The van der Waals surface area contributed by atoms with Gasteiger partial charge in [-0.2, -0.15) is 0 Å². The average molecular weight is 192 g/mol. The number of rotatable bonds is 3. The molecular formula is C11H16N2O. The minimum absolute atomic E-state index is 0.0630. The van der Waals surface area contributed by atoms with E-state index in [0.717, 1.165) is 12.5 Å². The van der Waals surface area contributed by atoms with E-state index in [4.69, 9.17) is 0 Å². The Morgan fingerprint density at radius 2 is 2.29 bits per heavy atom. The molecule has 1 aliphatic rings. The summed E-state index contributed by atoms with van der Waals surface area (Å²) >= 11 is 0. The number of carbonyl (C=O) groups excluding carboxylic acids is 1. The van der Waals surface area contributed by atoms with Gasteiger partial charge in [0.2, 0.25) is 0 Å². The maximum atomic E-state index is 11.2. The number of aromatic nitrogens is 2. The van der Waals surface area contributed by atoms with Crippen molar-refractivity contribution in [2.75, 3.05) is 0 Å². The maximum Gasteiger partial charge on any atom is 0.195 e. The summed E-state index contributed by atoms with van der Waals surface area (Å²) in [5.41, 5.74) is 0. The summed E-state index contributed by atoms with van der Waals surface area (Å²) in [6.45, 7) is 2.54. The molecule has 0 saturated heterocycles. The summed E-state index contributed by atoms with van der Waals surface area (Å²) < 4.78 is 2.00. The van der Waals surface area contributed by atoms with Gasteiger partial charge in [0.05, 0.1) is 0 Å². The van der Waals surface area contributed by atoms with Crippen molar-refractivity contribution in [1.82, 2.24) is 9.55 Å². The van der Waals surface area contributed by atoms with Crippen LogP contribution in [-0.4, -0.2) is 15.3 Å². The van der Waals surface area contributed by atoms with Crippen LogP contribution in [0, 0.1) is 5.92 Å². The normalized spacial score (nSPS) is 17.5. The van der Waals surface area contributed by atoms with Gasteiger partial charge in [0.15, 0.2) is 11.6 Å². The molecule has 0 radical (unpaired) electrons. The van der Waals surface area contributed by atoms with Crippen LogP contribution in [0.15, 0.2) is 12.4 Å². The van der Waals surface area contributed by atoms with Crippen molar-refractivity contribution in [3.05, 3.63) is 18.2 Å². The highest BCUT2D eigenvalue weighted by molar-refractivity contribution is 5.90. The quantitative estimate of drug-likeness (QED) is 0.688. The van der Waals surface area contributed by atoms with Gasteiger partial charge in [-0.1, -0.05) is 12.8 Å². The van der Waals surface area contributed by atoms with Gasteiger partial charge in [-0.15, -0.1) is 0 Å². The SMILES string of the molecule is CC(=O)c1nccn1CC1CCCC1. The van der Waals surface area contributed by atoms with Gasteiger partial charge in [-0.3, -0.25) is 4.79 Å². The van der Waals surface area contributed by atoms with Crippen molar-refractivity contribution < 1.29 is 4.79 Å². The largest absolute Gasteiger partial charge is 0.328 e. The van der Waals surface area contributed by atoms with Gasteiger partial charge < -0.3 is 4.57 Å². The van der Waals surface area contributed by atoms with Gasteiger partial charge in [-0.05, 0) is 18.8 Å². The fourth-order valence-corrected chi connectivity index (χ4v) is 2.24. The molecule has 1 heterocycles. The molecule has 1 fully saturated rings. The smallest absolute Gasteiger partial charge is 0.195 e. The van der Waals surface area contributed by atoms with E-state index in [1.165, 1.54) is 25.7 Å². The lowest BCUT2D eigenvalue weighted by Crippen LogP contribution is -2.12. The molecule has 0 N–H and O–H groups in total. The molecule has 0 aliphatic heterocycles. The first-order chi connectivity index (χ1) is 6.77. The molecule has 1 aliphatic carbocycles. The van der Waals surface area contributed by atoms with E-state index in [-0.39, 0.29) is 5.78 Å². The van der Waals surface area contributed by atoms with Crippen LogP contribution in [0.3, 0.4) is 0 Å². The Kier molecular flexibility index (Phi) is 2.66. The molecule has 3 heteroatoms. The molecule has 14 heavy (non-hydrogen) atoms. The second kappa shape index (κ2) is 3.95. The Hall–Kier alpha value is -1.12. The van der Waals surface area contributed by atoms with Gasteiger partial charge in [0.1, 0.15) is 0 Å². The number of ketones is 1. The van der Waals surface area contributed by atoms with Crippen molar-refractivity contribution in [3.8, 4) is 0 Å². The standard InChI is InChI=1S/C11H16N2O/c1-9(14)11-12-6-7-13(11)8-10-4-2-3-5-10/h6-7,10H,2-5,8H2,1H3. The Morgan fingerprint density at radius 3 is 2.93 bits per heavy atom. The summed E-state index contributed by atoms with van der Waals surface area (Å²) in [5, 5.41) is 0. The van der Waals surface area contributed by atoms with Crippen molar-refractivity contribution in [1.29, 1.82) is 0 Å². The van der Waals surface area contributed by atoms with Gasteiger partial charge in [0.25, 0.3) is 0 Å². The van der Waals surface area contributed by atoms with Crippen LogP contribution in [0.5, 0.6) is 0 Å². The van der Waals surface area contributed by atoms with Crippen LogP contribution in [0.4, 0.5) is 0 Å². The molecule has 0 amide bonds. The van der Waals surface area contributed by atoms with Crippen molar-refractivity contribution in [2.45, 2.75) is 39.2 Å². The number of imidazole rings is 1. The van der Waals surface area contributed by atoms with Crippen molar-refractivity contribution in [2.24, 2.45) is 5.92 Å².